The molecule has 2 fully saturated rings. The molecule has 112 valence electrons. The molecule has 2 saturated heterocycles. The highest BCUT2D eigenvalue weighted by molar-refractivity contribution is 5.89. The lowest BCUT2D eigenvalue weighted by Gasteiger charge is -2.45. The minimum absolute atomic E-state index is 0.0219. The molecule has 1 N–H and O–H groups in total. The molecule has 2 aliphatic heterocycles. The molecule has 1 aromatic rings. The van der Waals surface area contributed by atoms with E-state index in [4.69, 9.17) is 4.84 Å². The van der Waals surface area contributed by atoms with Crippen molar-refractivity contribution in [2.45, 2.75) is 19.0 Å². The second-order valence-electron chi connectivity index (χ2n) is 5.41. The molecule has 2 heterocycles. The summed E-state index contributed by atoms with van der Waals surface area (Å²) in [5, 5.41) is 4.77. The van der Waals surface area contributed by atoms with Gasteiger partial charge in [-0.3, -0.25) is 4.79 Å². The number of benzene rings is 1. The summed E-state index contributed by atoms with van der Waals surface area (Å²) in [4.78, 5) is 31.8. The number of nitrogens with one attached hydrogen (secondary N) is 1. The van der Waals surface area contributed by atoms with Crippen LogP contribution in [0.2, 0.25) is 0 Å². The molecular weight excluding hydrogens is 270 g/mol. The van der Waals surface area contributed by atoms with Gasteiger partial charge in [-0.2, -0.15) is 0 Å². The summed E-state index contributed by atoms with van der Waals surface area (Å²) in [5.41, 5.74) is 0.487. The molecule has 0 unspecified atom stereocenters. The van der Waals surface area contributed by atoms with Gasteiger partial charge in [0.1, 0.15) is 6.04 Å². The third-order valence-corrected chi connectivity index (χ3v) is 4.02. The first-order valence-corrected chi connectivity index (χ1v) is 7.22. The zero-order chi connectivity index (χ0) is 14.8. The summed E-state index contributed by atoms with van der Waals surface area (Å²) in [7, 11) is 0. The van der Waals surface area contributed by atoms with E-state index in [1.807, 2.05) is 11.0 Å². The Morgan fingerprint density at radius 3 is 2.86 bits per heavy atom. The Morgan fingerprint density at radius 2 is 2.10 bits per heavy atom. The Bertz CT molecular complexity index is 534. The Balaban J connectivity index is 1.70. The van der Waals surface area contributed by atoms with E-state index in [2.05, 4.69) is 5.32 Å². The first kappa shape index (κ1) is 14.0. The van der Waals surface area contributed by atoms with Gasteiger partial charge in [0.25, 0.3) is 0 Å². The van der Waals surface area contributed by atoms with Crippen LogP contribution >= 0.6 is 0 Å². The number of carbonyl (C=O) groups is 2. The molecular formula is C15H19N3O3. The monoisotopic (exact) mass is 289 g/mol. The average molecular weight is 289 g/mol. The second-order valence-corrected chi connectivity index (χ2v) is 5.41. The van der Waals surface area contributed by atoms with Crippen molar-refractivity contribution in [2.75, 3.05) is 26.2 Å². The van der Waals surface area contributed by atoms with Crippen LogP contribution in [0, 0.1) is 0 Å². The molecule has 6 nitrogen and oxygen atoms in total. The number of rotatable bonds is 2. The van der Waals surface area contributed by atoms with Crippen LogP contribution in [0.5, 0.6) is 0 Å². The molecule has 1 amide bonds. The van der Waals surface area contributed by atoms with Crippen LogP contribution in [0.4, 0.5) is 0 Å². The van der Waals surface area contributed by atoms with Crippen molar-refractivity contribution in [3.63, 3.8) is 0 Å². The second kappa shape index (κ2) is 5.83. The van der Waals surface area contributed by atoms with Gasteiger partial charge in [-0.15, -0.1) is 5.06 Å². The molecule has 0 radical (unpaired) electrons. The third kappa shape index (κ3) is 2.77. The molecule has 0 bridgehead atoms. The molecule has 6 heteroatoms. The number of hydrogen-bond acceptors (Lipinski definition) is 5. The van der Waals surface area contributed by atoms with Gasteiger partial charge in [0.15, 0.2) is 0 Å². The number of carbonyl (C=O) groups excluding carboxylic acids is 2. The van der Waals surface area contributed by atoms with Gasteiger partial charge in [0.05, 0.1) is 18.2 Å². The predicted molar refractivity (Wildman–Crippen MR) is 76.4 cm³/mol. The molecule has 21 heavy (non-hydrogen) atoms. The van der Waals surface area contributed by atoms with E-state index < -0.39 is 12.0 Å². The van der Waals surface area contributed by atoms with Crippen LogP contribution in [0.3, 0.4) is 0 Å². The Morgan fingerprint density at radius 1 is 1.33 bits per heavy atom. The normalized spacial score (nSPS) is 26.3. The number of amides is 1. The van der Waals surface area contributed by atoms with Crippen molar-refractivity contribution in [1.82, 2.24) is 15.3 Å². The van der Waals surface area contributed by atoms with Crippen molar-refractivity contribution < 1.29 is 14.4 Å². The topological polar surface area (TPSA) is 61.9 Å². The van der Waals surface area contributed by atoms with Crippen LogP contribution < -0.4 is 5.32 Å². The van der Waals surface area contributed by atoms with Crippen LogP contribution in [0.1, 0.15) is 17.3 Å². The summed E-state index contributed by atoms with van der Waals surface area (Å²) < 4.78 is 0. The van der Waals surface area contributed by atoms with Crippen molar-refractivity contribution >= 4 is 11.9 Å². The van der Waals surface area contributed by atoms with Crippen molar-refractivity contribution in [2.24, 2.45) is 0 Å². The highest BCUT2D eigenvalue weighted by Gasteiger charge is 2.40. The minimum Gasteiger partial charge on any atom is -0.363 e. The average Bonchev–Trinajstić information content (AvgIpc) is 2.53. The first-order chi connectivity index (χ1) is 10.2. The van der Waals surface area contributed by atoms with Crippen LogP contribution in [-0.2, 0) is 9.63 Å². The number of hydroxylamine groups is 2. The lowest BCUT2D eigenvalue weighted by molar-refractivity contribution is -0.188. The highest BCUT2D eigenvalue weighted by atomic mass is 16.7. The van der Waals surface area contributed by atoms with E-state index in [9.17, 15) is 9.59 Å². The first-order valence-electron chi connectivity index (χ1n) is 7.22. The van der Waals surface area contributed by atoms with E-state index in [1.54, 1.807) is 31.2 Å². The Kier molecular flexibility index (Phi) is 3.90. The lowest BCUT2D eigenvalue weighted by atomic mass is 10.1. The highest BCUT2D eigenvalue weighted by Crippen LogP contribution is 2.19. The molecule has 3 rings (SSSR count). The van der Waals surface area contributed by atoms with E-state index >= 15 is 0 Å². The van der Waals surface area contributed by atoms with E-state index in [0.717, 1.165) is 13.1 Å². The number of hydrogen-bond donors (Lipinski definition) is 1. The maximum Gasteiger partial charge on any atom is 0.357 e. The summed E-state index contributed by atoms with van der Waals surface area (Å²) in [6.45, 7) is 4.59. The fraction of sp³-hybridized carbons (Fsp3) is 0.467. The van der Waals surface area contributed by atoms with Crippen LogP contribution in [-0.4, -0.2) is 60.1 Å². The minimum atomic E-state index is -0.438. The van der Waals surface area contributed by atoms with Crippen LogP contribution in [0.15, 0.2) is 30.3 Å². The molecule has 2 atom stereocenters. The van der Waals surface area contributed by atoms with Gasteiger partial charge >= 0.3 is 5.97 Å². The zero-order valence-electron chi connectivity index (χ0n) is 12.0. The quantitative estimate of drug-likeness (QED) is 0.846. The summed E-state index contributed by atoms with van der Waals surface area (Å²) in [6, 6.07) is 8.44. The van der Waals surface area contributed by atoms with Gasteiger partial charge in [0, 0.05) is 19.6 Å². The molecule has 0 aliphatic carbocycles. The van der Waals surface area contributed by atoms with Crippen molar-refractivity contribution in [3.05, 3.63) is 35.9 Å². The number of piperazine rings is 2. The fourth-order valence-corrected chi connectivity index (χ4v) is 2.79. The number of nitrogens with zero attached hydrogens (tertiary/aromatic N) is 2. The van der Waals surface area contributed by atoms with Crippen molar-refractivity contribution in [3.8, 4) is 0 Å². The fourth-order valence-electron chi connectivity index (χ4n) is 2.79. The Hall–Kier alpha value is -1.92. The van der Waals surface area contributed by atoms with Gasteiger partial charge < -0.3 is 15.1 Å². The summed E-state index contributed by atoms with van der Waals surface area (Å²) in [5.74, 6) is -0.402. The SMILES string of the molecule is C[C@@H]1C(=O)N2CCNC[C@H]2CN1OC(=O)c1ccccc1. The Labute approximate surface area is 123 Å². The molecule has 0 saturated carbocycles. The standard InChI is InChI=1S/C15H19N3O3/c1-11-14(19)17-8-7-16-9-13(17)10-18(11)21-15(20)12-5-3-2-4-6-12/h2-6,11,13,16H,7-10H2,1H3/t11-,13+/m1/s1. The summed E-state index contributed by atoms with van der Waals surface area (Å²) >= 11 is 0. The van der Waals surface area contributed by atoms with E-state index in [-0.39, 0.29) is 11.9 Å². The lowest BCUT2D eigenvalue weighted by Crippen LogP contribution is -2.66. The molecule has 2 aliphatic rings. The third-order valence-electron chi connectivity index (χ3n) is 4.02. The van der Waals surface area contributed by atoms with Gasteiger partial charge in [-0.1, -0.05) is 18.2 Å². The van der Waals surface area contributed by atoms with Crippen LogP contribution in [0.25, 0.3) is 0 Å². The van der Waals surface area contributed by atoms with E-state index in [0.29, 0.717) is 18.7 Å². The van der Waals surface area contributed by atoms with Crippen molar-refractivity contribution in [1.29, 1.82) is 0 Å². The smallest absolute Gasteiger partial charge is 0.357 e. The largest absolute Gasteiger partial charge is 0.363 e. The molecule has 0 aromatic heterocycles. The van der Waals surface area contributed by atoms with Gasteiger partial charge in [0.2, 0.25) is 5.91 Å². The molecule has 1 aromatic carbocycles. The van der Waals surface area contributed by atoms with Gasteiger partial charge in [-0.05, 0) is 19.1 Å². The zero-order valence-corrected chi connectivity index (χ0v) is 12.0. The van der Waals surface area contributed by atoms with Gasteiger partial charge in [-0.25, -0.2) is 4.79 Å². The number of fused-ring (bicyclic) bond motifs is 1. The molecule has 0 spiro atoms. The maximum atomic E-state index is 12.4. The van der Waals surface area contributed by atoms with E-state index in [1.165, 1.54) is 5.06 Å². The summed E-state index contributed by atoms with van der Waals surface area (Å²) in [6.07, 6.45) is 0. The maximum absolute atomic E-state index is 12.4. The predicted octanol–water partition coefficient (Wildman–Crippen LogP) is 0.263.